The lowest BCUT2D eigenvalue weighted by atomic mass is 9.79. The van der Waals surface area contributed by atoms with Gasteiger partial charge in [0.2, 0.25) is 0 Å². The molecule has 1 aromatic heterocycles. The molecule has 1 heterocycles. The van der Waals surface area contributed by atoms with E-state index in [9.17, 15) is 0 Å². The van der Waals surface area contributed by atoms with Crippen LogP contribution in [-0.2, 0) is 16.2 Å². The Morgan fingerprint density at radius 3 is 1.79 bits per heavy atom. The van der Waals surface area contributed by atoms with Crippen LogP contribution in [0, 0.1) is 0 Å². The monoisotopic (exact) mass is 469 g/mol. The first-order chi connectivity index (χ1) is 15.7. The minimum absolute atomic E-state index is 0.103. The Bertz CT molecular complexity index is 1290. The molecule has 3 aromatic carbocycles. The van der Waals surface area contributed by atoms with Crippen molar-refractivity contribution in [2.75, 3.05) is 5.32 Å². The Balaban J connectivity index is 1.74. The Morgan fingerprint density at radius 2 is 1.21 bits per heavy atom. The molecule has 0 radical (unpaired) electrons. The van der Waals surface area contributed by atoms with Gasteiger partial charge in [-0.1, -0.05) is 98.7 Å². The molecule has 34 heavy (non-hydrogen) atoms. The SMILES string of the molecule is CC(C)(C)c1cc(-c2cccc(Nc3csc4ccc(C(C)(C)C)cc34)c2)cc(C(C)(C)C)c1. The van der Waals surface area contributed by atoms with Gasteiger partial charge in [-0.15, -0.1) is 11.3 Å². The lowest BCUT2D eigenvalue weighted by molar-refractivity contribution is 0.569. The highest BCUT2D eigenvalue weighted by Crippen LogP contribution is 2.38. The summed E-state index contributed by atoms with van der Waals surface area (Å²) < 4.78 is 1.32. The smallest absolute Gasteiger partial charge is 0.0573 e. The maximum Gasteiger partial charge on any atom is 0.0573 e. The summed E-state index contributed by atoms with van der Waals surface area (Å²) in [5.41, 5.74) is 9.30. The van der Waals surface area contributed by atoms with Crippen LogP contribution in [0.2, 0.25) is 0 Å². The third kappa shape index (κ3) is 5.23. The molecule has 0 fully saturated rings. The number of hydrogen-bond acceptors (Lipinski definition) is 2. The summed E-state index contributed by atoms with van der Waals surface area (Å²) in [5.74, 6) is 0. The molecule has 2 heteroatoms. The van der Waals surface area contributed by atoms with Crippen molar-refractivity contribution in [3.05, 3.63) is 82.7 Å². The minimum atomic E-state index is 0.103. The average Bonchev–Trinajstić information content (AvgIpc) is 3.14. The molecule has 0 saturated carbocycles. The van der Waals surface area contributed by atoms with Crippen molar-refractivity contribution in [1.29, 1.82) is 0 Å². The third-order valence-electron chi connectivity index (χ3n) is 6.58. The minimum Gasteiger partial charge on any atom is -0.354 e. The average molecular weight is 470 g/mol. The summed E-state index contributed by atoms with van der Waals surface area (Å²) in [6.07, 6.45) is 0. The Labute approximate surface area is 210 Å². The number of anilines is 2. The van der Waals surface area contributed by atoms with Crippen molar-refractivity contribution in [1.82, 2.24) is 0 Å². The van der Waals surface area contributed by atoms with Crippen LogP contribution in [0.1, 0.15) is 79.0 Å². The first-order valence-corrected chi connectivity index (χ1v) is 13.1. The van der Waals surface area contributed by atoms with E-state index in [4.69, 9.17) is 0 Å². The molecule has 178 valence electrons. The van der Waals surface area contributed by atoms with Crippen LogP contribution < -0.4 is 5.32 Å². The molecular weight excluding hydrogens is 430 g/mol. The fraction of sp³-hybridized carbons (Fsp3) is 0.375. The van der Waals surface area contributed by atoms with Gasteiger partial charge in [-0.05, 0) is 68.3 Å². The highest BCUT2D eigenvalue weighted by atomic mass is 32.1. The molecule has 0 unspecified atom stereocenters. The molecule has 0 bridgehead atoms. The molecule has 0 aliphatic rings. The van der Waals surface area contributed by atoms with Crippen LogP contribution in [0.5, 0.6) is 0 Å². The molecular formula is C32H39NS. The highest BCUT2D eigenvalue weighted by Gasteiger charge is 2.21. The lowest BCUT2D eigenvalue weighted by Gasteiger charge is -2.26. The first-order valence-electron chi connectivity index (χ1n) is 12.3. The fourth-order valence-electron chi connectivity index (χ4n) is 4.18. The standard InChI is InChI=1S/C32H39NS/c1-30(2,3)23-13-14-29-27(19-23)28(20-34-29)33-26-12-10-11-21(17-26)22-15-24(31(4,5)6)18-25(16-22)32(7,8)9/h10-20,33H,1-9H3. The molecule has 0 saturated heterocycles. The molecule has 1 N–H and O–H groups in total. The number of nitrogens with one attached hydrogen (secondary N) is 1. The second kappa shape index (κ2) is 8.57. The van der Waals surface area contributed by atoms with Gasteiger partial charge in [-0.2, -0.15) is 0 Å². The normalized spacial score (nSPS) is 12.9. The van der Waals surface area contributed by atoms with E-state index >= 15 is 0 Å². The molecule has 4 aromatic rings. The summed E-state index contributed by atoms with van der Waals surface area (Å²) in [6, 6.07) is 22.8. The van der Waals surface area contributed by atoms with E-state index in [2.05, 4.69) is 134 Å². The van der Waals surface area contributed by atoms with Gasteiger partial charge in [0.1, 0.15) is 0 Å². The van der Waals surface area contributed by atoms with Gasteiger partial charge in [0.15, 0.2) is 0 Å². The van der Waals surface area contributed by atoms with Crippen molar-refractivity contribution in [3.63, 3.8) is 0 Å². The van der Waals surface area contributed by atoms with Gasteiger partial charge in [0, 0.05) is 21.2 Å². The summed E-state index contributed by atoms with van der Waals surface area (Å²) in [6.45, 7) is 20.6. The largest absolute Gasteiger partial charge is 0.354 e. The molecule has 0 spiro atoms. The number of hydrogen-bond donors (Lipinski definition) is 1. The fourth-order valence-corrected chi connectivity index (χ4v) is 5.06. The number of benzene rings is 3. The number of thiophene rings is 1. The summed E-state index contributed by atoms with van der Waals surface area (Å²) in [5, 5.41) is 7.25. The molecule has 0 aliphatic carbocycles. The molecule has 1 nitrogen and oxygen atoms in total. The van der Waals surface area contributed by atoms with E-state index in [1.165, 1.54) is 43.6 Å². The second-order valence-corrected chi connectivity index (χ2v) is 13.5. The van der Waals surface area contributed by atoms with Crippen LogP contribution in [0.15, 0.2) is 66.0 Å². The van der Waals surface area contributed by atoms with Crippen LogP contribution >= 0.6 is 11.3 Å². The zero-order chi connectivity index (χ0) is 24.9. The predicted molar refractivity (Wildman–Crippen MR) is 153 cm³/mol. The molecule has 4 rings (SSSR count). The predicted octanol–water partition coefficient (Wildman–Crippen LogP) is 10.2. The molecule has 0 aliphatic heterocycles. The summed E-state index contributed by atoms with van der Waals surface area (Å²) >= 11 is 1.80. The van der Waals surface area contributed by atoms with Gasteiger partial charge >= 0.3 is 0 Å². The number of rotatable bonds is 3. The van der Waals surface area contributed by atoms with Gasteiger partial charge in [-0.25, -0.2) is 0 Å². The highest BCUT2D eigenvalue weighted by molar-refractivity contribution is 7.17. The van der Waals surface area contributed by atoms with Crippen LogP contribution in [0.3, 0.4) is 0 Å². The van der Waals surface area contributed by atoms with E-state index in [-0.39, 0.29) is 16.2 Å². The Kier molecular flexibility index (Phi) is 6.19. The second-order valence-electron chi connectivity index (χ2n) is 12.6. The zero-order valence-electron chi connectivity index (χ0n) is 22.3. The van der Waals surface area contributed by atoms with Gasteiger partial charge in [-0.3, -0.25) is 0 Å². The van der Waals surface area contributed by atoms with Crippen molar-refractivity contribution >= 4 is 32.8 Å². The van der Waals surface area contributed by atoms with Crippen molar-refractivity contribution in [3.8, 4) is 11.1 Å². The zero-order valence-corrected chi connectivity index (χ0v) is 23.1. The van der Waals surface area contributed by atoms with Crippen molar-refractivity contribution in [2.45, 2.75) is 78.6 Å². The molecule has 0 amide bonds. The van der Waals surface area contributed by atoms with Gasteiger partial charge in [0.25, 0.3) is 0 Å². The van der Waals surface area contributed by atoms with E-state index in [1.807, 2.05) is 0 Å². The Hall–Kier alpha value is -2.58. The quantitative estimate of drug-likeness (QED) is 0.315. The van der Waals surface area contributed by atoms with Gasteiger partial charge < -0.3 is 5.32 Å². The molecule has 0 atom stereocenters. The summed E-state index contributed by atoms with van der Waals surface area (Å²) in [7, 11) is 0. The summed E-state index contributed by atoms with van der Waals surface area (Å²) in [4.78, 5) is 0. The lowest BCUT2D eigenvalue weighted by Crippen LogP contribution is -2.16. The maximum absolute atomic E-state index is 3.72. The van der Waals surface area contributed by atoms with Crippen LogP contribution in [-0.4, -0.2) is 0 Å². The van der Waals surface area contributed by atoms with Crippen LogP contribution in [0.25, 0.3) is 21.2 Å². The van der Waals surface area contributed by atoms with E-state index in [1.54, 1.807) is 11.3 Å². The maximum atomic E-state index is 3.72. The van der Waals surface area contributed by atoms with Gasteiger partial charge in [0.05, 0.1) is 5.69 Å². The Morgan fingerprint density at radius 1 is 0.588 bits per heavy atom. The topological polar surface area (TPSA) is 12.0 Å². The van der Waals surface area contributed by atoms with E-state index in [0.29, 0.717) is 0 Å². The van der Waals surface area contributed by atoms with Crippen molar-refractivity contribution < 1.29 is 0 Å². The van der Waals surface area contributed by atoms with Crippen molar-refractivity contribution in [2.24, 2.45) is 0 Å². The van der Waals surface area contributed by atoms with E-state index < -0.39 is 0 Å². The number of fused-ring (bicyclic) bond motifs is 1. The first kappa shape index (κ1) is 24.5. The van der Waals surface area contributed by atoms with Crippen LogP contribution in [0.4, 0.5) is 11.4 Å². The van der Waals surface area contributed by atoms with E-state index in [0.717, 1.165) is 5.69 Å². The third-order valence-corrected chi connectivity index (χ3v) is 7.54.